The second-order valence-corrected chi connectivity index (χ2v) is 6.35. The normalized spacial score (nSPS) is 20.7. The molecule has 0 amide bonds. The van der Waals surface area contributed by atoms with Crippen LogP contribution in [0.5, 0.6) is 5.75 Å². The van der Waals surface area contributed by atoms with E-state index in [0.717, 1.165) is 30.4 Å². The third kappa shape index (κ3) is 3.48. The number of benzene rings is 1. The van der Waals surface area contributed by atoms with Gasteiger partial charge in [-0.15, -0.1) is 0 Å². The molecule has 0 aromatic heterocycles. The van der Waals surface area contributed by atoms with Crippen LogP contribution < -0.4 is 10.1 Å². The molecule has 1 aromatic rings. The SMILES string of the molecule is CCNC(c1cc(C)c(OC)cc1C)C1CSCCO1. The maximum atomic E-state index is 5.98. The van der Waals surface area contributed by atoms with Gasteiger partial charge in [-0.2, -0.15) is 11.8 Å². The van der Waals surface area contributed by atoms with Crippen LogP contribution in [0.25, 0.3) is 0 Å². The summed E-state index contributed by atoms with van der Waals surface area (Å²) in [6.07, 6.45) is 0.250. The molecule has 0 bridgehead atoms. The number of hydrogen-bond donors (Lipinski definition) is 1. The third-order valence-electron chi connectivity index (χ3n) is 3.76. The van der Waals surface area contributed by atoms with Crippen LogP contribution in [0.4, 0.5) is 0 Å². The van der Waals surface area contributed by atoms with Crippen molar-refractivity contribution >= 4 is 11.8 Å². The van der Waals surface area contributed by atoms with Crippen molar-refractivity contribution in [2.24, 2.45) is 0 Å². The molecule has 1 fully saturated rings. The van der Waals surface area contributed by atoms with E-state index in [1.165, 1.54) is 16.7 Å². The molecule has 4 heteroatoms. The molecule has 3 nitrogen and oxygen atoms in total. The van der Waals surface area contributed by atoms with Gasteiger partial charge in [0, 0.05) is 11.5 Å². The molecule has 2 rings (SSSR count). The van der Waals surface area contributed by atoms with Crippen LogP contribution in [0, 0.1) is 13.8 Å². The van der Waals surface area contributed by atoms with Crippen LogP contribution in [0.1, 0.15) is 29.7 Å². The van der Waals surface area contributed by atoms with Gasteiger partial charge in [0.05, 0.1) is 25.9 Å². The highest BCUT2D eigenvalue weighted by Gasteiger charge is 2.27. The van der Waals surface area contributed by atoms with Crippen molar-refractivity contribution in [2.45, 2.75) is 32.9 Å². The second-order valence-electron chi connectivity index (χ2n) is 5.20. The Morgan fingerprint density at radius 1 is 1.40 bits per heavy atom. The lowest BCUT2D eigenvalue weighted by molar-refractivity contribution is 0.0470. The van der Waals surface area contributed by atoms with Gasteiger partial charge in [0.1, 0.15) is 5.75 Å². The molecule has 0 aliphatic carbocycles. The van der Waals surface area contributed by atoms with Crippen molar-refractivity contribution in [3.8, 4) is 5.75 Å². The summed E-state index contributed by atoms with van der Waals surface area (Å²) >= 11 is 1.98. The van der Waals surface area contributed by atoms with Gasteiger partial charge >= 0.3 is 0 Å². The van der Waals surface area contributed by atoms with Gasteiger partial charge in [-0.05, 0) is 43.1 Å². The Balaban J connectivity index is 2.30. The van der Waals surface area contributed by atoms with Gasteiger partial charge in [0.2, 0.25) is 0 Å². The number of ether oxygens (including phenoxy) is 2. The zero-order valence-electron chi connectivity index (χ0n) is 12.9. The van der Waals surface area contributed by atoms with Crippen molar-refractivity contribution in [2.75, 3.05) is 31.8 Å². The topological polar surface area (TPSA) is 30.5 Å². The Labute approximate surface area is 126 Å². The fourth-order valence-corrected chi connectivity index (χ4v) is 3.63. The summed E-state index contributed by atoms with van der Waals surface area (Å²) in [4.78, 5) is 0. The molecule has 112 valence electrons. The van der Waals surface area contributed by atoms with Gasteiger partial charge in [0.15, 0.2) is 0 Å². The molecular formula is C16H25NO2S. The van der Waals surface area contributed by atoms with Gasteiger partial charge in [-0.3, -0.25) is 0 Å². The lowest BCUT2D eigenvalue weighted by atomic mass is 9.95. The van der Waals surface area contributed by atoms with Crippen LogP contribution in [0.15, 0.2) is 12.1 Å². The van der Waals surface area contributed by atoms with Crippen molar-refractivity contribution in [1.29, 1.82) is 0 Å². The van der Waals surface area contributed by atoms with E-state index in [1.807, 2.05) is 11.8 Å². The van der Waals surface area contributed by atoms with E-state index < -0.39 is 0 Å². The van der Waals surface area contributed by atoms with Crippen molar-refractivity contribution < 1.29 is 9.47 Å². The zero-order chi connectivity index (χ0) is 14.5. The molecule has 0 radical (unpaired) electrons. The molecule has 1 aromatic carbocycles. The van der Waals surface area contributed by atoms with E-state index in [9.17, 15) is 0 Å². The van der Waals surface area contributed by atoms with Crippen LogP contribution >= 0.6 is 11.8 Å². The number of rotatable bonds is 5. The molecule has 2 atom stereocenters. The Morgan fingerprint density at radius 3 is 2.80 bits per heavy atom. The van der Waals surface area contributed by atoms with E-state index in [2.05, 4.69) is 38.2 Å². The van der Waals surface area contributed by atoms with Crippen LogP contribution in [0.3, 0.4) is 0 Å². The largest absolute Gasteiger partial charge is 0.496 e. The highest BCUT2D eigenvalue weighted by Crippen LogP contribution is 2.31. The molecule has 2 unspecified atom stereocenters. The number of aryl methyl sites for hydroxylation is 2. The first-order valence-corrected chi connectivity index (χ1v) is 8.40. The highest BCUT2D eigenvalue weighted by molar-refractivity contribution is 7.99. The average Bonchev–Trinajstić information content (AvgIpc) is 2.48. The van der Waals surface area contributed by atoms with Crippen LogP contribution in [-0.4, -0.2) is 37.9 Å². The predicted molar refractivity (Wildman–Crippen MR) is 86.0 cm³/mol. The Kier molecular flexibility index (Phi) is 5.75. The summed E-state index contributed by atoms with van der Waals surface area (Å²) in [5.41, 5.74) is 3.77. The molecule has 20 heavy (non-hydrogen) atoms. The van der Waals surface area contributed by atoms with Gasteiger partial charge < -0.3 is 14.8 Å². The monoisotopic (exact) mass is 295 g/mol. The standard InChI is InChI=1S/C16H25NO2S/c1-5-17-16(15-10-20-7-6-19-15)13-8-12(3)14(18-4)9-11(13)2/h8-9,15-17H,5-7,10H2,1-4H3. The Morgan fingerprint density at radius 2 is 2.20 bits per heavy atom. The summed E-state index contributed by atoms with van der Waals surface area (Å²) in [7, 11) is 1.73. The molecule has 0 saturated carbocycles. The van der Waals surface area contributed by atoms with Crippen molar-refractivity contribution in [1.82, 2.24) is 5.32 Å². The Hall–Kier alpha value is -0.710. The molecule has 1 heterocycles. The molecule has 0 spiro atoms. The van der Waals surface area contributed by atoms with E-state index >= 15 is 0 Å². The van der Waals surface area contributed by atoms with Gasteiger partial charge in [-0.25, -0.2) is 0 Å². The first-order valence-electron chi connectivity index (χ1n) is 7.25. The van der Waals surface area contributed by atoms with Gasteiger partial charge in [-0.1, -0.05) is 13.0 Å². The third-order valence-corrected chi connectivity index (χ3v) is 4.78. The number of hydrogen-bond acceptors (Lipinski definition) is 4. The summed E-state index contributed by atoms with van der Waals surface area (Å²) in [6.45, 7) is 8.19. The summed E-state index contributed by atoms with van der Waals surface area (Å²) in [5.74, 6) is 3.12. The van der Waals surface area contributed by atoms with Crippen molar-refractivity contribution in [3.05, 3.63) is 28.8 Å². The molecule has 1 aliphatic heterocycles. The maximum Gasteiger partial charge on any atom is 0.122 e. The minimum absolute atomic E-state index is 0.250. The number of nitrogens with one attached hydrogen (secondary N) is 1. The van der Waals surface area contributed by atoms with E-state index in [0.29, 0.717) is 0 Å². The fraction of sp³-hybridized carbons (Fsp3) is 0.625. The predicted octanol–water partition coefficient (Wildman–Crippen LogP) is 3.09. The van der Waals surface area contributed by atoms with Crippen LogP contribution in [0.2, 0.25) is 0 Å². The minimum Gasteiger partial charge on any atom is -0.496 e. The lowest BCUT2D eigenvalue weighted by Crippen LogP contribution is -2.38. The Bertz CT molecular complexity index is 444. The molecular weight excluding hydrogens is 270 g/mol. The van der Waals surface area contributed by atoms with E-state index in [-0.39, 0.29) is 12.1 Å². The van der Waals surface area contributed by atoms with Gasteiger partial charge in [0.25, 0.3) is 0 Å². The summed E-state index contributed by atoms with van der Waals surface area (Å²) in [5, 5.41) is 3.59. The number of methoxy groups -OCH3 is 1. The van der Waals surface area contributed by atoms with Crippen LogP contribution in [-0.2, 0) is 4.74 Å². The van der Waals surface area contributed by atoms with E-state index in [4.69, 9.17) is 9.47 Å². The summed E-state index contributed by atoms with van der Waals surface area (Å²) in [6, 6.07) is 4.63. The first-order chi connectivity index (χ1) is 9.67. The molecule has 1 aliphatic rings. The zero-order valence-corrected chi connectivity index (χ0v) is 13.7. The van der Waals surface area contributed by atoms with E-state index in [1.54, 1.807) is 7.11 Å². The number of likely N-dealkylation sites (N-methyl/N-ethyl adjacent to an activating group) is 1. The smallest absolute Gasteiger partial charge is 0.122 e. The van der Waals surface area contributed by atoms with Crippen molar-refractivity contribution in [3.63, 3.8) is 0 Å². The fourth-order valence-electron chi connectivity index (χ4n) is 2.73. The number of thioether (sulfide) groups is 1. The lowest BCUT2D eigenvalue weighted by Gasteiger charge is -2.32. The highest BCUT2D eigenvalue weighted by atomic mass is 32.2. The summed E-state index contributed by atoms with van der Waals surface area (Å²) < 4.78 is 11.4. The molecule has 1 N–H and O–H groups in total. The second kappa shape index (κ2) is 7.34. The average molecular weight is 295 g/mol. The quantitative estimate of drug-likeness (QED) is 0.904. The first kappa shape index (κ1) is 15.7. The minimum atomic E-state index is 0.250. The molecule has 1 saturated heterocycles. The maximum absolute atomic E-state index is 5.98.